The molecule has 0 fully saturated rings. The first kappa shape index (κ1) is 21.0. The number of carbonyl (C=O) groups is 2. The van der Waals surface area contributed by atoms with E-state index in [9.17, 15) is 9.59 Å². The molecule has 0 radical (unpaired) electrons. The maximum absolute atomic E-state index is 13.1. The van der Waals surface area contributed by atoms with Crippen LogP contribution in [0.5, 0.6) is 11.5 Å². The topological polar surface area (TPSA) is 116 Å². The number of hydrogen-bond donors (Lipinski definition) is 1. The highest BCUT2D eigenvalue weighted by Gasteiger charge is 2.41. The number of amidine groups is 2. The van der Waals surface area contributed by atoms with E-state index < -0.39 is 6.04 Å². The summed E-state index contributed by atoms with van der Waals surface area (Å²) in [6, 6.07) is 14.4. The summed E-state index contributed by atoms with van der Waals surface area (Å²) in [6.07, 6.45) is 0.440. The monoisotopic (exact) mass is 461 g/mol. The van der Waals surface area contributed by atoms with Crippen molar-refractivity contribution >= 4 is 40.3 Å². The standard InChI is InChI=1S/C23H19N5O4S/c24-9-10-33-23-27-16-4-2-1-3-15(16)21-26-17(22(30)28(21)23)6-8-20(29)25-12-14-5-7-18-19(11-14)32-13-31-18/h1-5,7,11,17H,6,8,10,12-13H2,(H,25,29). The fourth-order valence-corrected chi connectivity index (χ4v) is 4.45. The molecular formula is C23H19N5O4S. The van der Waals surface area contributed by atoms with Gasteiger partial charge in [0.25, 0.3) is 5.91 Å². The van der Waals surface area contributed by atoms with Gasteiger partial charge in [-0.2, -0.15) is 5.26 Å². The number of para-hydroxylation sites is 1. The van der Waals surface area contributed by atoms with Gasteiger partial charge in [0.15, 0.2) is 16.7 Å². The molecule has 2 amide bonds. The number of amides is 2. The zero-order chi connectivity index (χ0) is 22.8. The van der Waals surface area contributed by atoms with Crippen LogP contribution in [0.25, 0.3) is 0 Å². The van der Waals surface area contributed by atoms with E-state index in [-0.39, 0.29) is 37.2 Å². The number of thioether (sulfide) groups is 1. The minimum absolute atomic E-state index is 0.158. The second-order valence-electron chi connectivity index (χ2n) is 7.50. The largest absolute Gasteiger partial charge is 0.454 e. The first-order valence-corrected chi connectivity index (χ1v) is 11.4. The summed E-state index contributed by atoms with van der Waals surface area (Å²) >= 11 is 1.20. The van der Waals surface area contributed by atoms with Gasteiger partial charge in [0.1, 0.15) is 11.9 Å². The third-order valence-electron chi connectivity index (χ3n) is 5.39. The van der Waals surface area contributed by atoms with Gasteiger partial charge in [0.2, 0.25) is 12.7 Å². The lowest BCUT2D eigenvalue weighted by molar-refractivity contribution is -0.125. The number of fused-ring (bicyclic) bond motifs is 4. The summed E-state index contributed by atoms with van der Waals surface area (Å²) in [7, 11) is 0. The fourth-order valence-electron chi connectivity index (χ4n) is 3.79. The van der Waals surface area contributed by atoms with Gasteiger partial charge in [-0.25, -0.2) is 9.89 Å². The average Bonchev–Trinajstić information content (AvgIpc) is 3.44. The highest BCUT2D eigenvalue weighted by atomic mass is 32.2. The van der Waals surface area contributed by atoms with Crippen molar-refractivity contribution in [2.45, 2.75) is 25.4 Å². The molecule has 10 heteroatoms. The minimum Gasteiger partial charge on any atom is -0.454 e. The molecule has 3 aliphatic rings. The van der Waals surface area contributed by atoms with Gasteiger partial charge < -0.3 is 14.8 Å². The Hall–Kier alpha value is -3.84. The maximum Gasteiger partial charge on any atom is 0.259 e. The molecule has 0 bridgehead atoms. The normalized spacial score (nSPS) is 17.6. The zero-order valence-corrected chi connectivity index (χ0v) is 18.3. The van der Waals surface area contributed by atoms with Crippen molar-refractivity contribution in [1.29, 1.82) is 5.26 Å². The molecule has 1 unspecified atom stereocenters. The second kappa shape index (κ2) is 8.96. The predicted octanol–water partition coefficient (Wildman–Crippen LogP) is 2.73. The summed E-state index contributed by atoms with van der Waals surface area (Å²) in [4.78, 5) is 36.2. The van der Waals surface area contributed by atoms with Crippen LogP contribution in [-0.2, 0) is 16.1 Å². The molecule has 5 rings (SSSR count). The van der Waals surface area contributed by atoms with E-state index >= 15 is 0 Å². The van der Waals surface area contributed by atoms with Crippen LogP contribution in [0.4, 0.5) is 5.69 Å². The van der Waals surface area contributed by atoms with E-state index in [2.05, 4.69) is 21.4 Å². The first-order valence-electron chi connectivity index (χ1n) is 10.4. The molecule has 33 heavy (non-hydrogen) atoms. The summed E-state index contributed by atoms with van der Waals surface area (Å²) in [5.41, 5.74) is 2.37. The molecule has 1 N–H and O–H groups in total. The van der Waals surface area contributed by atoms with Gasteiger partial charge in [0.05, 0.1) is 17.5 Å². The SMILES string of the molecule is N#CCSC1=Nc2ccccc2C2=NC(CCC(=O)NCc3ccc4c(c3)OCO4)C(=O)N12. The fraction of sp³-hybridized carbons (Fsp3) is 0.261. The molecule has 9 nitrogen and oxygen atoms in total. The number of ether oxygens (including phenoxy) is 2. The molecule has 0 aromatic heterocycles. The highest BCUT2D eigenvalue weighted by Crippen LogP contribution is 2.34. The molecule has 0 spiro atoms. The quantitative estimate of drug-likeness (QED) is 0.707. The van der Waals surface area contributed by atoms with Crippen LogP contribution in [0.3, 0.4) is 0 Å². The maximum atomic E-state index is 13.1. The molecule has 2 aromatic rings. The Bertz CT molecular complexity index is 1240. The number of nitrogens with zero attached hydrogens (tertiary/aromatic N) is 4. The van der Waals surface area contributed by atoms with E-state index in [1.54, 1.807) is 0 Å². The van der Waals surface area contributed by atoms with Crippen LogP contribution in [0, 0.1) is 11.3 Å². The van der Waals surface area contributed by atoms with Crippen LogP contribution in [0.2, 0.25) is 0 Å². The van der Waals surface area contributed by atoms with Crippen LogP contribution in [-0.4, -0.2) is 46.3 Å². The van der Waals surface area contributed by atoms with E-state index in [4.69, 9.17) is 14.7 Å². The second-order valence-corrected chi connectivity index (χ2v) is 8.45. The van der Waals surface area contributed by atoms with Crippen molar-refractivity contribution in [3.63, 3.8) is 0 Å². The molecule has 1 atom stereocenters. The molecule has 3 heterocycles. The van der Waals surface area contributed by atoms with Gasteiger partial charge in [0, 0.05) is 18.5 Å². The number of carbonyl (C=O) groups excluding carboxylic acids is 2. The third kappa shape index (κ3) is 4.15. The Balaban J connectivity index is 1.23. The molecule has 0 saturated heterocycles. The van der Waals surface area contributed by atoms with Crippen molar-refractivity contribution in [3.05, 3.63) is 53.6 Å². The van der Waals surface area contributed by atoms with Gasteiger partial charge in [-0.1, -0.05) is 30.0 Å². The summed E-state index contributed by atoms with van der Waals surface area (Å²) < 4.78 is 10.6. The third-order valence-corrected chi connectivity index (χ3v) is 6.19. The van der Waals surface area contributed by atoms with Crippen molar-refractivity contribution in [3.8, 4) is 17.6 Å². The molecule has 3 aliphatic heterocycles. The molecule has 0 saturated carbocycles. The predicted molar refractivity (Wildman–Crippen MR) is 122 cm³/mol. The Kier molecular flexibility index (Phi) is 5.71. The number of benzene rings is 2. The Labute approximate surface area is 194 Å². The van der Waals surface area contributed by atoms with Gasteiger partial charge in [-0.3, -0.25) is 14.6 Å². The number of nitrogens with one attached hydrogen (secondary N) is 1. The number of nitriles is 1. The summed E-state index contributed by atoms with van der Waals surface area (Å²) in [6.45, 7) is 0.551. The van der Waals surface area contributed by atoms with E-state index in [1.807, 2.05) is 42.5 Å². The lowest BCUT2D eigenvalue weighted by Crippen LogP contribution is -2.41. The van der Waals surface area contributed by atoms with Crippen LogP contribution >= 0.6 is 11.8 Å². The Morgan fingerprint density at radius 3 is 2.97 bits per heavy atom. The van der Waals surface area contributed by atoms with Gasteiger partial charge >= 0.3 is 0 Å². The molecule has 0 aliphatic carbocycles. The van der Waals surface area contributed by atoms with Crippen molar-refractivity contribution in [2.75, 3.05) is 12.5 Å². The highest BCUT2D eigenvalue weighted by molar-refractivity contribution is 8.14. The van der Waals surface area contributed by atoms with Crippen LogP contribution in [0.15, 0.2) is 52.4 Å². The van der Waals surface area contributed by atoms with Crippen LogP contribution < -0.4 is 14.8 Å². The van der Waals surface area contributed by atoms with Crippen molar-refractivity contribution in [2.24, 2.45) is 9.98 Å². The smallest absolute Gasteiger partial charge is 0.259 e. The van der Waals surface area contributed by atoms with Crippen LogP contribution in [0.1, 0.15) is 24.0 Å². The lowest BCUT2D eigenvalue weighted by atomic mass is 10.1. The van der Waals surface area contributed by atoms with E-state index in [1.165, 1.54) is 16.7 Å². The van der Waals surface area contributed by atoms with E-state index in [0.717, 1.165) is 11.1 Å². The average molecular weight is 462 g/mol. The Morgan fingerprint density at radius 2 is 2.09 bits per heavy atom. The van der Waals surface area contributed by atoms with Gasteiger partial charge in [-0.15, -0.1) is 0 Å². The molecule has 2 aromatic carbocycles. The number of hydrogen-bond acceptors (Lipinski definition) is 8. The zero-order valence-electron chi connectivity index (χ0n) is 17.5. The molecule has 166 valence electrons. The minimum atomic E-state index is -0.671. The summed E-state index contributed by atoms with van der Waals surface area (Å²) in [5, 5.41) is 12.3. The van der Waals surface area contributed by atoms with Crippen molar-refractivity contribution < 1.29 is 19.1 Å². The van der Waals surface area contributed by atoms with Crippen molar-refractivity contribution in [1.82, 2.24) is 10.2 Å². The van der Waals surface area contributed by atoms with Gasteiger partial charge in [-0.05, 0) is 36.2 Å². The molecular weight excluding hydrogens is 442 g/mol. The lowest BCUT2D eigenvalue weighted by Gasteiger charge is -2.25. The number of aliphatic imine (C=N–C) groups is 2. The van der Waals surface area contributed by atoms with E-state index in [0.29, 0.717) is 34.7 Å². The first-order chi connectivity index (χ1) is 16.1. The summed E-state index contributed by atoms with van der Waals surface area (Å²) in [5.74, 6) is 1.66. The Morgan fingerprint density at radius 1 is 1.24 bits per heavy atom. The number of rotatable bonds is 6.